The average molecular weight is 503 g/mol. The normalized spacial score (nSPS) is 15.0. The third-order valence-electron chi connectivity index (χ3n) is 5.25. The predicted octanol–water partition coefficient (Wildman–Crippen LogP) is -3.79. The number of carbonyl (C=O) groups excluding carboxylic acids is 4. The molecule has 200 valence electrons. The van der Waals surface area contributed by atoms with Crippen LogP contribution in [0, 0.1) is 5.92 Å². The van der Waals surface area contributed by atoms with Gasteiger partial charge in [0.1, 0.15) is 18.1 Å². The van der Waals surface area contributed by atoms with Crippen molar-refractivity contribution in [2.24, 2.45) is 33.8 Å². The Bertz CT molecular complexity index is 773. The van der Waals surface area contributed by atoms with Crippen LogP contribution in [0.2, 0.25) is 0 Å². The van der Waals surface area contributed by atoms with Gasteiger partial charge in [0.25, 0.3) is 0 Å². The van der Waals surface area contributed by atoms with Crippen LogP contribution in [0.3, 0.4) is 0 Å². The Kier molecular flexibility index (Phi) is 14.6. The van der Waals surface area contributed by atoms with E-state index in [1.165, 1.54) is 0 Å². The first-order chi connectivity index (χ1) is 16.3. The standard InChI is InChI=1S/C20H38N8O7/c1-3-10(2)15(22)18(33)28-13(9-29)17(32)26-11(5-4-8-25-20(23)24)16(31)27-12(19(34)35)6-7-14(21)30/h10-13,15,29H,3-9,22H2,1-2H3,(H2,21,30)(H,26,32)(H,27,31)(H,28,33)(H,34,35)(H4,23,24,25). The van der Waals surface area contributed by atoms with Crippen LogP contribution in [0.5, 0.6) is 0 Å². The number of carbonyl (C=O) groups is 5. The van der Waals surface area contributed by atoms with Crippen molar-refractivity contribution in [1.82, 2.24) is 16.0 Å². The summed E-state index contributed by atoms with van der Waals surface area (Å²) in [6, 6.07) is -5.02. The SMILES string of the molecule is CCC(C)C(N)C(=O)NC(CO)C(=O)NC(CCCN=C(N)N)C(=O)NC(CCC(N)=O)C(=O)O. The topological polar surface area (TPSA) is 278 Å². The van der Waals surface area contributed by atoms with E-state index in [9.17, 15) is 34.2 Å². The Balaban J connectivity index is 5.46. The highest BCUT2D eigenvalue weighted by Crippen LogP contribution is 2.06. The molecule has 0 saturated heterocycles. The summed E-state index contributed by atoms with van der Waals surface area (Å²) in [4.78, 5) is 64.0. The number of guanidine groups is 1. The van der Waals surface area contributed by atoms with Crippen molar-refractivity contribution >= 4 is 35.6 Å². The number of rotatable bonds is 17. The summed E-state index contributed by atoms with van der Waals surface area (Å²) in [5.41, 5.74) is 21.4. The lowest BCUT2D eigenvalue weighted by Gasteiger charge is -2.25. The largest absolute Gasteiger partial charge is 0.480 e. The Hall–Kier alpha value is -3.46. The molecule has 0 aromatic rings. The number of nitrogens with two attached hydrogens (primary N) is 4. The second-order valence-corrected chi connectivity index (χ2v) is 8.07. The van der Waals surface area contributed by atoms with Crippen LogP contribution in [-0.4, -0.2) is 83.1 Å². The maximum Gasteiger partial charge on any atom is 0.326 e. The third-order valence-corrected chi connectivity index (χ3v) is 5.25. The van der Waals surface area contributed by atoms with E-state index >= 15 is 0 Å². The van der Waals surface area contributed by atoms with E-state index in [4.69, 9.17) is 22.9 Å². The summed E-state index contributed by atoms with van der Waals surface area (Å²) in [6.07, 6.45) is 0.296. The van der Waals surface area contributed by atoms with Gasteiger partial charge in [-0.2, -0.15) is 0 Å². The molecule has 13 N–H and O–H groups in total. The first kappa shape index (κ1) is 31.5. The van der Waals surface area contributed by atoms with E-state index in [0.29, 0.717) is 6.42 Å². The minimum Gasteiger partial charge on any atom is -0.480 e. The van der Waals surface area contributed by atoms with Crippen molar-refractivity contribution in [3.63, 3.8) is 0 Å². The van der Waals surface area contributed by atoms with Gasteiger partial charge in [-0.05, 0) is 25.2 Å². The molecule has 0 aliphatic rings. The van der Waals surface area contributed by atoms with Gasteiger partial charge in [0.05, 0.1) is 12.6 Å². The summed E-state index contributed by atoms with van der Waals surface area (Å²) >= 11 is 0. The fourth-order valence-corrected chi connectivity index (χ4v) is 2.84. The number of aliphatic imine (C=N–C) groups is 1. The van der Waals surface area contributed by atoms with E-state index in [0.717, 1.165) is 0 Å². The van der Waals surface area contributed by atoms with Crippen molar-refractivity contribution in [3.05, 3.63) is 0 Å². The second kappa shape index (κ2) is 16.2. The zero-order valence-electron chi connectivity index (χ0n) is 20.0. The zero-order chi connectivity index (χ0) is 27.1. The first-order valence-corrected chi connectivity index (χ1v) is 11.2. The van der Waals surface area contributed by atoms with E-state index in [-0.39, 0.29) is 44.1 Å². The smallest absolute Gasteiger partial charge is 0.326 e. The highest BCUT2D eigenvalue weighted by Gasteiger charge is 2.30. The number of nitrogens with one attached hydrogen (secondary N) is 3. The van der Waals surface area contributed by atoms with Gasteiger partial charge in [-0.25, -0.2) is 4.79 Å². The fourth-order valence-electron chi connectivity index (χ4n) is 2.84. The van der Waals surface area contributed by atoms with Crippen LogP contribution in [0.25, 0.3) is 0 Å². The molecule has 15 heteroatoms. The van der Waals surface area contributed by atoms with E-state index < -0.39 is 60.4 Å². The molecular weight excluding hydrogens is 464 g/mol. The van der Waals surface area contributed by atoms with Gasteiger partial charge in [0.2, 0.25) is 23.6 Å². The summed E-state index contributed by atoms with van der Waals surface area (Å²) < 4.78 is 0. The molecular formula is C20H38N8O7. The Morgan fingerprint density at radius 1 is 0.886 bits per heavy atom. The van der Waals surface area contributed by atoms with Crippen molar-refractivity contribution < 1.29 is 34.2 Å². The molecule has 0 radical (unpaired) electrons. The summed E-state index contributed by atoms with van der Waals surface area (Å²) in [5, 5.41) is 25.9. The molecule has 0 bridgehead atoms. The lowest BCUT2D eigenvalue weighted by Crippen LogP contribution is -2.58. The third kappa shape index (κ3) is 12.5. The van der Waals surface area contributed by atoms with Crippen LogP contribution in [0.4, 0.5) is 0 Å². The molecule has 0 aromatic carbocycles. The second-order valence-electron chi connectivity index (χ2n) is 8.07. The van der Waals surface area contributed by atoms with E-state index in [1.54, 1.807) is 6.92 Å². The van der Waals surface area contributed by atoms with Gasteiger partial charge < -0.3 is 49.1 Å². The summed E-state index contributed by atoms with van der Waals surface area (Å²) in [6.45, 7) is 2.94. The molecule has 0 saturated carbocycles. The lowest BCUT2D eigenvalue weighted by atomic mass is 9.99. The summed E-state index contributed by atoms with van der Waals surface area (Å²) in [7, 11) is 0. The molecule has 5 unspecified atom stereocenters. The minimum atomic E-state index is -1.44. The Morgan fingerprint density at radius 3 is 1.91 bits per heavy atom. The molecule has 0 heterocycles. The maximum atomic E-state index is 12.8. The maximum absolute atomic E-state index is 12.8. The predicted molar refractivity (Wildman–Crippen MR) is 126 cm³/mol. The number of hydrogen-bond donors (Lipinski definition) is 9. The highest BCUT2D eigenvalue weighted by atomic mass is 16.4. The van der Waals surface area contributed by atoms with Gasteiger partial charge in [-0.15, -0.1) is 0 Å². The van der Waals surface area contributed by atoms with Crippen LogP contribution in [0.15, 0.2) is 4.99 Å². The van der Waals surface area contributed by atoms with Crippen molar-refractivity contribution in [2.45, 2.75) is 70.1 Å². The number of nitrogens with zero attached hydrogens (tertiary/aromatic N) is 1. The van der Waals surface area contributed by atoms with Gasteiger partial charge in [-0.3, -0.25) is 24.2 Å². The van der Waals surface area contributed by atoms with E-state index in [2.05, 4.69) is 20.9 Å². The lowest BCUT2D eigenvalue weighted by molar-refractivity contribution is -0.142. The zero-order valence-corrected chi connectivity index (χ0v) is 20.0. The Morgan fingerprint density at radius 2 is 1.43 bits per heavy atom. The van der Waals surface area contributed by atoms with Crippen LogP contribution >= 0.6 is 0 Å². The highest BCUT2D eigenvalue weighted by molar-refractivity contribution is 5.94. The molecule has 0 aromatic heterocycles. The number of aliphatic hydroxyl groups is 1. The first-order valence-electron chi connectivity index (χ1n) is 11.2. The van der Waals surface area contributed by atoms with Crippen LogP contribution in [0.1, 0.15) is 46.0 Å². The van der Waals surface area contributed by atoms with Gasteiger partial charge in [0.15, 0.2) is 5.96 Å². The number of primary amides is 1. The molecule has 4 amide bonds. The molecule has 0 aliphatic carbocycles. The van der Waals surface area contributed by atoms with E-state index in [1.807, 2.05) is 6.92 Å². The number of carboxylic acid groups (broad SMARTS) is 1. The number of carboxylic acids is 1. The molecule has 0 spiro atoms. The number of aliphatic hydroxyl groups excluding tert-OH is 1. The summed E-state index contributed by atoms with van der Waals surface area (Å²) in [5.74, 6) is -4.90. The molecule has 5 atom stereocenters. The van der Waals surface area contributed by atoms with Gasteiger partial charge >= 0.3 is 5.97 Å². The number of amides is 4. The quantitative estimate of drug-likeness (QED) is 0.0531. The molecule has 0 fully saturated rings. The number of aliphatic carboxylic acids is 1. The Labute approximate surface area is 203 Å². The fraction of sp³-hybridized carbons (Fsp3) is 0.700. The molecule has 0 rings (SSSR count). The van der Waals surface area contributed by atoms with Crippen molar-refractivity contribution in [3.8, 4) is 0 Å². The monoisotopic (exact) mass is 502 g/mol. The minimum absolute atomic E-state index is 0.00497. The molecule has 0 aliphatic heterocycles. The van der Waals surface area contributed by atoms with Gasteiger partial charge in [0, 0.05) is 13.0 Å². The van der Waals surface area contributed by atoms with Crippen LogP contribution < -0.4 is 38.9 Å². The van der Waals surface area contributed by atoms with Crippen LogP contribution in [-0.2, 0) is 24.0 Å². The van der Waals surface area contributed by atoms with Gasteiger partial charge in [-0.1, -0.05) is 20.3 Å². The molecule has 35 heavy (non-hydrogen) atoms. The number of hydrogen-bond acceptors (Lipinski definition) is 8. The van der Waals surface area contributed by atoms with Crippen molar-refractivity contribution in [1.29, 1.82) is 0 Å². The average Bonchev–Trinajstić information content (AvgIpc) is 2.79. The molecule has 15 nitrogen and oxygen atoms in total. The van der Waals surface area contributed by atoms with Crippen molar-refractivity contribution in [2.75, 3.05) is 13.2 Å².